The second kappa shape index (κ2) is 11.3. The number of amides is 3. The van der Waals surface area contributed by atoms with Crippen molar-refractivity contribution in [3.05, 3.63) is 52.6 Å². The lowest BCUT2D eigenvalue weighted by atomic mass is 10.1. The van der Waals surface area contributed by atoms with Crippen LogP contribution in [0.4, 0.5) is 40.7 Å². The fourth-order valence-corrected chi connectivity index (χ4v) is 6.29. The number of pyridine rings is 1. The maximum atomic E-state index is 14.5. The number of nitrogens with one attached hydrogen (secondary N) is 2. The highest BCUT2D eigenvalue weighted by molar-refractivity contribution is 9.10. The molecule has 3 aliphatic heterocycles. The Labute approximate surface area is 249 Å². The van der Waals surface area contributed by atoms with Crippen LogP contribution in [0.25, 0.3) is 10.9 Å². The Bertz CT molecular complexity index is 1520. The summed E-state index contributed by atoms with van der Waals surface area (Å²) in [6.45, 7) is 2.92. The Hall–Kier alpha value is -3.58. The molecule has 13 heteroatoms. The third-order valence-electron chi connectivity index (χ3n) is 8.20. The number of urea groups is 1. The largest absolute Gasteiger partial charge is 0.418 e. The first-order chi connectivity index (χ1) is 20.1. The molecular formula is C29H31BrF3N7O2. The third kappa shape index (κ3) is 5.71. The highest BCUT2D eigenvalue weighted by Gasteiger charge is 2.37. The predicted octanol–water partition coefficient (Wildman–Crippen LogP) is 5.03. The number of nitrogens with zero attached hydrogens (tertiary/aromatic N) is 5. The lowest BCUT2D eigenvalue weighted by Crippen LogP contribution is -2.54. The molecule has 0 radical (unpaired) electrons. The fraction of sp³-hybridized carbons (Fsp3) is 0.414. The van der Waals surface area contributed by atoms with E-state index in [-0.39, 0.29) is 49.0 Å². The van der Waals surface area contributed by atoms with Gasteiger partial charge in [0, 0.05) is 53.5 Å². The van der Waals surface area contributed by atoms with Crippen molar-refractivity contribution >= 4 is 61.5 Å². The van der Waals surface area contributed by atoms with E-state index in [1.807, 2.05) is 18.2 Å². The van der Waals surface area contributed by atoms with Crippen LogP contribution in [0.15, 0.2) is 47.1 Å². The van der Waals surface area contributed by atoms with E-state index in [1.165, 1.54) is 12.3 Å². The molecule has 3 aliphatic rings. The quantitative estimate of drug-likeness (QED) is 0.416. The number of carbonyl (C=O) groups excluding carboxylic acids is 2. The molecule has 2 aromatic carbocycles. The number of hydrogen-bond acceptors (Lipinski definition) is 6. The van der Waals surface area contributed by atoms with E-state index in [9.17, 15) is 22.8 Å². The molecule has 42 heavy (non-hydrogen) atoms. The Morgan fingerprint density at radius 3 is 2.50 bits per heavy atom. The number of benzene rings is 2. The van der Waals surface area contributed by atoms with Crippen molar-refractivity contribution in [1.29, 1.82) is 0 Å². The molecule has 6 rings (SSSR count). The van der Waals surface area contributed by atoms with E-state index >= 15 is 0 Å². The number of fused-ring (bicyclic) bond motifs is 3. The van der Waals surface area contributed by atoms with Crippen LogP contribution in [0, 0.1) is 0 Å². The average Bonchev–Trinajstić information content (AvgIpc) is 2.97. The van der Waals surface area contributed by atoms with Crippen LogP contribution in [0.2, 0.25) is 0 Å². The first kappa shape index (κ1) is 28.5. The van der Waals surface area contributed by atoms with Crippen molar-refractivity contribution in [2.24, 2.45) is 0 Å². The lowest BCUT2D eigenvalue weighted by molar-refractivity contribution is -0.137. The molecule has 3 aromatic rings. The summed E-state index contributed by atoms with van der Waals surface area (Å²) in [5.41, 5.74) is 1.21. The van der Waals surface area contributed by atoms with Crippen molar-refractivity contribution in [2.75, 3.05) is 68.0 Å². The maximum absolute atomic E-state index is 14.5. The summed E-state index contributed by atoms with van der Waals surface area (Å²) in [4.78, 5) is 37.0. The van der Waals surface area contributed by atoms with E-state index in [2.05, 4.69) is 43.5 Å². The van der Waals surface area contributed by atoms with Crippen LogP contribution in [-0.2, 0) is 11.0 Å². The van der Waals surface area contributed by atoms with E-state index in [0.717, 1.165) is 36.5 Å². The Morgan fingerprint density at radius 1 is 1.05 bits per heavy atom. The SMILES string of the molecule is CN1CCC(NC(=O)N2CCN(c3ccc(N4CC(=O)Nc5cnc6ccc(Br)cc6c54)cc3C(F)(F)F)CC2)CC1. The van der Waals surface area contributed by atoms with Gasteiger partial charge in [0.15, 0.2) is 0 Å². The van der Waals surface area contributed by atoms with Crippen LogP contribution < -0.4 is 20.4 Å². The lowest BCUT2D eigenvalue weighted by Gasteiger charge is -2.39. The van der Waals surface area contributed by atoms with Crippen LogP contribution in [0.3, 0.4) is 0 Å². The molecule has 0 spiro atoms. The van der Waals surface area contributed by atoms with Gasteiger partial charge in [0.05, 0.1) is 28.7 Å². The molecule has 0 bridgehead atoms. The molecule has 0 unspecified atom stereocenters. The summed E-state index contributed by atoms with van der Waals surface area (Å²) in [7, 11) is 2.06. The molecule has 2 fully saturated rings. The van der Waals surface area contributed by atoms with Gasteiger partial charge in [0.2, 0.25) is 5.91 Å². The molecule has 1 aromatic heterocycles. The monoisotopic (exact) mass is 645 g/mol. The minimum absolute atomic E-state index is 0.0608. The first-order valence-electron chi connectivity index (χ1n) is 13.9. The molecule has 0 aliphatic carbocycles. The second-order valence-corrected chi connectivity index (χ2v) is 11.9. The number of anilines is 4. The van der Waals surface area contributed by atoms with Gasteiger partial charge in [0.25, 0.3) is 0 Å². The van der Waals surface area contributed by atoms with E-state index in [1.54, 1.807) is 20.8 Å². The van der Waals surface area contributed by atoms with Gasteiger partial charge in [0.1, 0.15) is 6.54 Å². The van der Waals surface area contributed by atoms with Gasteiger partial charge in [-0.3, -0.25) is 9.78 Å². The molecule has 4 heterocycles. The Morgan fingerprint density at radius 2 is 1.79 bits per heavy atom. The molecule has 2 N–H and O–H groups in total. The predicted molar refractivity (Wildman–Crippen MR) is 159 cm³/mol. The number of hydrogen-bond donors (Lipinski definition) is 2. The maximum Gasteiger partial charge on any atom is 0.418 e. The smallest absolute Gasteiger partial charge is 0.367 e. The van der Waals surface area contributed by atoms with Gasteiger partial charge in [-0.1, -0.05) is 15.9 Å². The van der Waals surface area contributed by atoms with Gasteiger partial charge < -0.3 is 30.2 Å². The topological polar surface area (TPSA) is 84.1 Å². The van der Waals surface area contributed by atoms with Crippen molar-refractivity contribution in [3.8, 4) is 0 Å². The number of halogens is 4. The van der Waals surface area contributed by atoms with E-state index in [0.29, 0.717) is 35.4 Å². The molecule has 9 nitrogen and oxygen atoms in total. The van der Waals surface area contributed by atoms with Gasteiger partial charge >= 0.3 is 12.2 Å². The fourth-order valence-electron chi connectivity index (χ4n) is 5.93. The average molecular weight is 647 g/mol. The van der Waals surface area contributed by atoms with Gasteiger partial charge in [-0.15, -0.1) is 0 Å². The highest BCUT2D eigenvalue weighted by Crippen LogP contribution is 2.44. The normalized spacial score (nSPS) is 18.7. The van der Waals surface area contributed by atoms with Gasteiger partial charge in [-0.05, 0) is 69.4 Å². The zero-order valence-electron chi connectivity index (χ0n) is 23.0. The van der Waals surface area contributed by atoms with Crippen molar-refractivity contribution in [1.82, 2.24) is 20.1 Å². The molecule has 0 saturated carbocycles. The van der Waals surface area contributed by atoms with E-state index < -0.39 is 11.7 Å². The summed E-state index contributed by atoms with van der Waals surface area (Å²) in [5, 5.41) is 6.58. The summed E-state index contributed by atoms with van der Waals surface area (Å²) < 4.78 is 44.3. The van der Waals surface area contributed by atoms with E-state index in [4.69, 9.17) is 0 Å². The highest BCUT2D eigenvalue weighted by atomic mass is 79.9. The number of piperidine rings is 1. The van der Waals surface area contributed by atoms with Crippen LogP contribution in [0.1, 0.15) is 18.4 Å². The van der Waals surface area contributed by atoms with Crippen LogP contribution >= 0.6 is 15.9 Å². The first-order valence-corrected chi connectivity index (χ1v) is 14.7. The zero-order valence-corrected chi connectivity index (χ0v) is 24.6. The summed E-state index contributed by atoms with van der Waals surface area (Å²) in [5.74, 6) is -0.342. The number of rotatable bonds is 3. The van der Waals surface area contributed by atoms with Crippen molar-refractivity contribution in [3.63, 3.8) is 0 Å². The Balaban J connectivity index is 1.25. The zero-order chi connectivity index (χ0) is 29.6. The standard InChI is InChI=1S/C29H31BrF3N7O2/c1-37-8-6-19(7-9-37)35-28(42)39-12-10-38(11-13-39)25-5-3-20(15-22(25)29(31,32)33)40-17-26(41)36-24-16-34-23-4-2-18(30)14-21(23)27(24)40/h2-5,14-16,19H,6-13,17H2,1H3,(H,35,42)(H,36,41). The number of piperazine rings is 1. The second-order valence-electron chi connectivity index (χ2n) is 11.0. The number of aromatic nitrogens is 1. The van der Waals surface area contributed by atoms with Crippen LogP contribution in [0.5, 0.6) is 0 Å². The molecule has 2 saturated heterocycles. The van der Waals surface area contributed by atoms with Crippen LogP contribution in [-0.4, -0.2) is 85.6 Å². The summed E-state index contributed by atoms with van der Waals surface area (Å²) in [6, 6.07) is 9.65. The third-order valence-corrected chi connectivity index (χ3v) is 8.69. The van der Waals surface area contributed by atoms with Gasteiger partial charge in [-0.2, -0.15) is 13.2 Å². The van der Waals surface area contributed by atoms with Crippen molar-refractivity contribution in [2.45, 2.75) is 25.1 Å². The summed E-state index contributed by atoms with van der Waals surface area (Å²) in [6.07, 6.45) is -1.33. The number of likely N-dealkylation sites (tertiary alicyclic amines) is 1. The minimum atomic E-state index is -4.63. The van der Waals surface area contributed by atoms with Gasteiger partial charge in [-0.25, -0.2) is 4.79 Å². The minimum Gasteiger partial charge on any atom is -0.367 e. The molecular weight excluding hydrogens is 615 g/mol. The van der Waals surface area contributed by atoms with Crippen molar-refractivity contribution < 1.29 is 22.8 Å². The Kier molecular flexibility index (Phi) is 7.64. The molecule has 0 atom stereocenters. The number of carbonyl (C=O) groups is 2. The molecule has 222 valence electrons. The molecule has 3 amide bonds. The summed E-state index contributed by atoms with van der Waals surface area (Å²) >= 11 is 3.46. The number of alkyl halides is 3.